The van der Waals surface area contributed by atoms with Gasteiger partial charge in [-0.15, -0.1) is 12.4 Å². The molecule has 0 radical (unpaired) electrons. The molecule has 8 nitrogen and oxygen atoms in total. The third-order valence-electron chi connectivity index (χ3n) is 7.13. The molecule has 4 rings (SSSR count). The van der Waals surface area contributed by atoms with E-state index in [-0.39, 0.29) is 36.7 Å². The zero-order valence-electron chi connectivity index (χ0n) is 22.1. The number of aryl methyl sites for hydroxylation is 1. The number of halogens is 1. The van der Waals surface area contributed by atoms with Gasteiger partial charge in [0.15, 0.2) is 0 Å². The van der Waals surface area contributed by atoms with Crippen LogP contribution in [-0.4, -0.2) is 42.9 Å². The van der Waals surface area contributed by atoms with Gasteiger partial charge in [0, 0.05) is 6.92 Å². The summed E-state index contributed by atoms with van der Waals surface area (Å²) >= 11 is 0. The molecule has 0 unspecified atom stereocenters. The zero-order chi connectivity index (χ0) is 26.9. The molecule has 0 aliphatic carbocycles. The molecule has 0 bridgehead atoms. The van der Waals surface area contributed by atoms with Gasteiger partial charge in [0.2, 0.25) is 11.8 Å². The Morgan fingerprint density at radius 3 is 2.47 bits per heavy atom. The van der Waals surface area contributed by atoms with E-state index in [1.807, 2.05) is 43.3 Å². The minimum absolute atomic E-state index is 0. The molecular formula is C29H32ClN5O3. The van der Waals surface area contributed by atoms with E-state index in [1.165, 1.54) is 11.8 Å². The van der Waals surface area contributed by atoms with Crippen LogP contribution < -0.4 is 20.4 Å². The Morgan fingerprint density at radius 1 is 1.11 bits per heavy atom. The van der Waals surface area contributed by atoms with Gasteiger partial charge in [0.1, 0.15) is 6.04 Å². The molecule has 3 aromatic rings. The van der Waals surface area contributed by atoms with Crippen molar-refractivity contribution in [3.8, 4) is 6.07 Å². The number of nitrogens with one attached hydrogen (secondary N) is 2. The van der Waals surface area contributed by atoms with E-state index in [0.717, 1.165) is 21.9 Å². The average molecular weight is 534 g/mol. The van der Waals surface area contributed by atoms with Crippen LogP contribution in [0.4, 0.5) is 11.4 Å². The van der Waals surface area contributed by atoms with Crippen molar-refractivity contribution >= 4 is 52.3 Å². The van der Waals surface area contributed by atoms with Crippen molar-refractivity contribution in [2.75, 3.05) is 16.8 Å². The molecule has 0 spiro atoms. The Hall–Kier alpha value is -3.93. The van der Waals surface area contributed by atoms with Gasteiger partial charge in [0.25, 0.3) is 5.91 Å². The van der Waals surface area contributed by atoms with Gasteiger partial charge in [-0.1, -0.05) is 36.4 Å². The molecule has 0 aromatic heterocycles. The molecular weight excluding hydrogens is 502 g/mol. The molecule has 3 aromatic carbocycles. The van der Waals surface area contributed by atoms with Crippen LogP contribution >= 0.6 is 12.4 Å². The number of hydrogen-bond donors (Lipinski definition) is 2. The first kappa shape index (κ1) is 28.6. The summed E-state index contributed by atoms with van der Waals surface area (Å²) in [4.78, 5) is 43.2. The predicted molar refractivity (Wildman–Crippen MR) is 151 cm³/mol. The number of carbonyl (C=O) groups excluding carboxylic acids is 3. The highest BCUT2D eigenvalue weighted by Gasteiger charge is 2.42. The summed E-state index contributed by atoms with van der Waals surface area (Å²) in [7, 11) is 1.67. The Labute approximate surface area is 229 Å². The van der Waals surface area contributed by atoms with Crippen molar-refractivity contribution < 1.29 is 14.4 Å². The number of carbonyl (C=O) groups is 3. The van der Waals surface area contributed by atoms with E-state index < -0.39 is 18.1 Å². The summed E-state index contributed by atoms with van der Waals surface area (Å²) in [5.74, 6) is -0.965. The molecule has 1 aliphatic rings. The Balaban J connectivity index is 0.00000400. The van der Waals surface area contributed by atoms with E-state index in [0.29, 0.717) is 16.9 Å². The minimum Gasteiger partial charge on any atom is -0.341 e. The molecule has 3 atom stereocenters. The normalized spacial score (nSPS) is 17.6. The summed E-state index contributed by atoms with van der Waals surface area (Å²) in [5.41, 5.74) is 3.34. The van der Waals surface area contributed by atoms with Gasteiger partial charge in [-0.25, -0.2) is 0 Å². The second-order valence-corrected chi connectivity index (χ2v) is 9.45. The Bertz CT molecular complexity index is 1430. The molecule has 0 saturated carbocycles. The lowest BCUT2D eigenvalue weighted by Gasteiger charge is -2.32. The van der Waals surface area contributed by atoms with E-state index in [4.69, 9.17) is 0 Å². The molecule has 198 valence electrons. The summed E-state index contributed by atoms with van der Waals surface area (Å²) in [6.07, 6.45) is 0. The van der Waals surface area contributed by atoms with Crippen LogP contribution in [0.25, 0.3) is 10.8 Å². The van der Waals surface area contributed by atoms with Crippen LogP contribution in [0.2, 0.25) is 0 Å². The van der Waals surface area contributed by atoms with Gasteiger partial charge in [-0.2, -0.15) is 5.26 Å². The largest absolute Gasteiger partial charge is 0.341 e. The average Bonchev–Trinajstić information content (AvgIpc) is 2.97. The Morgan fingerprint density at radius 2 is 1.82 bits per heavy atom. The molecule has 2 N–H and O–H groups in total. The Kier molecular flexibility index (Phi) is 8.77. The minimum atomic E-state index is -1.000. The van der Waals surface area contributed by atoms with Crippen molar-refractivity contribution in [1.82, 2.24) is 10.6 Å². The van der Waals surface area contributed by atoms with Crippen LogP contribution in [0.1, 0.15) is 37.5 Å². The fourth-order valence-corrected chi connectivity index (χ4v) is 4.90. The summed E-state index contributed by atoms with van der Waals surface area (Å²) in [6.45, 7) is 7.10. The van der Waals surface area contributed by atoms with Gasteiger partial charge < -0.3 is 20.4 Å². The highest BCUT2D eigenvalue weighted by atomic mass is 35.5. The number of amides is 3. The highest BCUT2D eigenvalue weighted by Crippen LogP contribution is 2.38. The number of anilines is 2. The lowest BCUT2D eigenvalue weighted by atomic mass is 9.98. The zero-order valence-corrected chi connectivity index (χ0v) is 22.9. The van der Waals surface area contributed by atoms with Crippen LogP contribution in [0.5, 0.6) is 0 Å². The molecule has 3 amide bonds. The van der Waals surface area contributed by atoms with E-state index in [2.05, 4.69) is 16.7 Å². The second kappa shape index (κ2) is 11.6. The second-order valence-electron chi connectivity index (χ2n) is 9.45. The number of likely N-dealkylation sites (N-methyl/N-ethyl adjacent to an activating group) is 1. The smallest absolute Gasteiger partial charge is 0.252 e. The van der Waals surface area contributed by atoms with Gasteiger partial charge in [-0.3, -0.25) is 14.4 Å². The lowest BCUT2D eigenvalue weighted by molar-refractivity contribution is -0.129. The topological polar surface area (TPSA) is 106 Å². The van der Waals surface area contributed by atoms with Gasteiger partial charge in [0.05, 0.1) is 41.6 Å². The van der Waals surface area contributed by atoms with Crippen molar-refractivity contribution in [3.63, 3.8) is 0 Å². The van der Waals surface area contributed by atoms with Gasteiger partial charge >= 0.3 is 0 Å². The standard InChI is InChI=1S/C29H31N5O3.ClH/c1-17-10-12-22-8-6-7-9-23(22)24(17)16-33-25-13-11-21(15-30)14-26(25)34(20(4)35)19(3)27(29(33)37)32-28(36)18(2)31-5;/h6-14,18-19,27,31H,16H2,1-5H3,(H,32,36);1H/t18-,19-,27-;/m0./s1. The summed E-state index contributed by atoms with van der Waals surface area (Å²) in [5, 5.41) is 17.4. The molecule has 1 aliphatic heterocycles. The van der Waals surface area contributed by atoms with Crippen LogP contribution in [0.15, 0.2) is 54.6 Å². The fraction of sp³-hybridized carbons (Fsp3) is 0.310. The number of hydrogen-bond acceptors (Lipinski definition) is 5. The first-order valence-electron chi connectivity index (χ1n) is 12.3. The maximum Gasteiger partial charge on any atom is 0.252 e. The van der Waals surface area contributed by atoms with Crippen molar-refractivity contribution in [1.29, 1.82) is 5.26 Å². The SMILES string of the molecule is CN[C@@H](C)C(=O)N[C@@H]1C(=O)N(Cc2c(C)ccc3ccccc23)c2ccc(C#N)cc2N(C(C)=O)[C@H]1C.Cl. The highest BCUT2D eigenvalue weighted by molar-refractivity contribution is 6.09. The number of rotatable bonds is 5. The molecule has 1 heterocycles. The molecule has 38 heavy (non-hydrogen) atoms. The predicted octanol–water partition coefficient (Wildman–Crippen LogP) is 3.82. The van der Waals surface area contributed by atoms with Crippen molar-refractivity contribution in [2.24, 2.45) is 0 Å². The number of nitrogens with zero attached hydrogens (tertiary/aromatic N) is 3. The molecule has 9 heteroatoms. The van der Waals surface area contributed by atoms with Crippen molar-refractivity contribution in [2.45, 2.75) is 52.4 Å². The molecule has 0 fully saturated rings. The van der Waals surface area contributed by atoms with E-state index in [9.17, 15) is 19.6 Å². The summed E-state index contributed by atoms with van der Waals surface area (Å²) in [6, 6.07) is 16.9. The van der Waals surface area contributed by atoms with Crippen LogP contribution in [-0.2, 0) is 20.9 Å². The van der Waals surface area contributed by atoms with Crippen molar-refractivity contribution in [3.05, 3.63) is 71.3 Å². The first-order chi connectivity index (χ1) is 17.7. The summed E-state index contributed by atoms with van der Waals surface area (Å²) < 4.78 is 0. The van der Waals surface area contributed by atoms with Gasteiger partial charge in [-0.05, 0) is 67.9 Å². The van der Waals surface area contributed by atoms with Crippen LogP contribution in [0, 0.1) is 18.3 Å². The number of benzene rings is 3. The van der Waals surface area contributed by atoms with E-state index in [1.54, 1.807) is 44.0 Å². The monoisotopic (exact) mass is 533 g/mol. The molecule has 0 saturated heterocycles. The lowest BCUT2D eigenvalue weighted by Crippen LogP contribution is -2.59. The fourth-order valence-electron chi connectivity index (χ4n) is 4.90. The maximum absolute atomic E-state index is 14.2. The van der Waals surface area contributed by atoms with Crippen LogP contribution in [0.3, 0.4) is 0 Å². The number of fused-ring (bicyclic) bond motifs is 2. The number of nitriles is 1. The maximum atomic E-state index is 14.2. The third kappa shape index (κ3) is 5.21. The first-order valence-corrected chi connectivity index (χ1v) is 12.3. The van der Waals surface area contributed by atoms with E-state index >= 15 is 0 Å². The third-order valence-corrected chi connectivity index (χ3v) is 7.13. The quantitative estimate of drug-likeness (QED) is 0.518.